The molecule has 2 aliphatic heterocycles. The van der Waals surface area contributed by atoms with Crippen LogP contribution in [0.25, 0.3) is 0 Å². The first kappa shape index (κ1) is 19.4. The minimum Gasteiger partial charge on any atom is -0.463 e. The molecule has 0 radical (unpaired) electrons. The Labute approximate surface area is 161 Å². The van der Waals surface area contributed by atoms with E-state index in [4.69, 9.17) is 4.74 Å². The molecule has 0 saturated carbocycles. The lowest BCUT2D eigenvalue weighted by Crippen LogP contribution is -2.49. The number of carbonyl (C=O) groups is 2. The van der Waals surface area contributed by atoms with Crippen LogP contribution in [0.5, 0.6) is 0 Å². The molecule has 3 rings (SSSR count). The van der Waals surface area contributed by atoms with Crippen LogP contribution in [0.4, 0.5) is 4.79 Å². The Bertz CT molecular complexity index is 706. The Morgan fingerprint density at radius 1 is 1.15 bits per heavy atom. The van der Waals surface area contributed by atoms with Crippen molar-refractivity contribution in [3.8, 4) is 0 Å². The highest BCUT2D eigenvalue weighted by atomic mass is 16.5. The minimum atomic E-state index is -0.497. The van der Waals surface area contributed by atoms with E-state index in [1.54, 1.807) is 6.92 Å². The quantitative estimate of drug-likeness (QED) is 0.755. The first-order valence-corrected chi connectivity index (χ1v) is 9.91. The molecule has 0 spiro atoms. The maximum Gasteiger partial charge on any atom is 0.338 e. The zero-order valence-electron chi connectivity index (χ0n) is 16.2. The van der Waals surface area contributed by atoms with E-state index in [-0.39, 0.29) is 12.0 Å². The lowest BCUT2D eigenvalue weighted by Gasteiger charge is -2.33. The monoisotopic (exact) mass is 371 g/mol. The standard InChI is InChI=1S/C21H29N3O3/c1-3-15-8-10-16(11-9-15)19-18(20(25)27-4-2)17(22-21(26)23-19)14-24-12-6-5-7-13-24/h8-11,19H,3-7,12-14H2,1-2H3,(H2,22,23,26). The van der Waals surface area contributed by atoms with Crippen molar-refractivity contribution in [3.05, 3.63) is 46.7 Å². The van der Waals surface area contributed by atoms with Gasteiger partial charge in [-0.15, -0.1) is 0 Å². The number of benzene rings is 1. The van der Waals surface area contributed by atoms with Crippen molar-refractivity contribution in [3.63, 3.8) is 0 Å². The van der Waals surface area contributed by atoms with Gasteiger partial charge < -0.3 is 15.4 Å². The van der Waals surface area contributed by atoms with E-state index < -0.39 is 6.04 Å². The van der Waals surface area contributed by atoms with Gasteiger partial charge in [-0.25, -0.2) is 9.59 Å². The Morgan fingerprint density at radius 2 is 1.85 bits per heavy atom. The van der Waals surface area contributed by atoms with Crippen LogP contribution >= 0.6 is 0 Å². The molecule has 1 saturated heterocycles. The average molecular weight is 371 g/mol. The van der Waals surface area contributed by atoms with Gasteiger partial charge in [-0.1, -0.05) is 37.6 Å². The number of aryl methyl sites for hydroxylation is 1. The van der Waals surface area contributed by atoms with Crippen molar-refractivity contribution >= 4 is 12.0 Å². The molecule has 1 aromatic rings. The molecule has 2 amide bonds. The normalized spacial score (nSPS) is 20.8. The van der Waals surface area contributed by atoms with Crippen molar-refractivity contribution < 1.29 is 14.3 Å². The number of nitrogens with zero attached hydrogens (tertiary/aromatic N) is 1. The molecule has 6 nitrogen and oxygen atoms in total. The molecule has 2 aliphatic rings. The summed E-state index contributed by atoms with van der Waals surface area (Å²) in [5.41, 5.74) is 3.27. The average Bonchev–Trinajstić information content (AvgIpc) is 2.68. The van der Waals surface area contributed by atoms with E-state index >= 15 is 0 Å². The Kier molecular flexibility index (Phi) is 6.50. The number of piperidine rings is 1. The molecule has 27 heavy (non-hydrogen) atoms. The summed E-state index contributed by atoms with van der Waals surface area (Å²) in [6, 6.07) is 7.26. The molecule has 1 unspecified atom stereocenters. The van der Waals surface area contributed by atoms with E-state index in [1.807, 2.05) is 24.3 Å². The number of esters is 1. The topological polar surface area (TPSA) is 70.7 Å². The number of nitrogens with one attached hydrogen (secondary N) is 2. The SMILES string of the molecule is CCOC(=O)C1=C(CN2CCCCC2)NC(=O)NC1c1ccc(CC)cc1. The summed E-state index contributed by atoms with van der Waals surface area (Å²) >= 11 is 0. The molecule has 0 bridgehead atoms. The first-order chi connectivity index (χ1) is 13.1. The lowest BCUT2D eigenvalue weighted by atomic mass is 9.94. The number of carbonyl (C=O) groups excluding carboxylic acids is 2. The van der Waals surface area contributed by atoms with Gasteiger partial charge in [0.2, 0.25) is 0 Å². The number of ether oxygens (including phenoxy) is 1. The predicted molar refractivity (Wildman–Crippen MR) is 104 cm³/mol. The molecule has 1 fully saturated rings. The summed E-state index contributed by atoms with van der Waals surface area (Å²) in [7, 11) is 0. The maximum atomic E-state index is 12.8. The zero-order chi connectivity index (χ0) is 19.2. The van der Waals surface area contributed by atoms with Gasteiger partial charge in [-0.3, -0.25) is 4.90 Å². The van der Waals surface area contributed by atoms with Gasteiger partial charge in [0.05, 0.1) is 18.2 Å². The fourth-order valence-electron chi connectivity index (χ4n) is 3.73. The summed E-state index contributed by atoms with van der Waals surface area (Å²) in [6.07, 6.45) is 4.48. The van der Waals surface area contributed by atoms with Crippen LogP contribution in [0.2, 0.25) is 0 Å². The Balaban J connectivity index is 1.95. The third kappa shape index (κ3) is 4.69. The zero-order valence-corrected chi connectivity index (χ0v) is 16.2. The van der Waals surface area contributed by atoms with Crippen molar-refractivity contribution in [1.82, 2.24) is 15.5 Å². The number of urea groups is 1. The summed E-state index contributed by atoms with van der Waals surface area (Å²) < 4.78 is 5.33. The molecule has 1 atom stereocenters. The molecular formula is C21H29N3O3. The fourth-order valence-corrected chi connectivity index (χ4v) is 3.73. The van der Waals surface area contributed by atoms with E-state index in [2.05, 4.69) is 22.5 Å². The number of likely N-dealkylation sites (tertiary alicyclic amines) is 1. The second kappa shape index (κ2) is 9.04. The predicted octanol–water partition coefficient (Wildman–Crippen LogP) is 2.91. The molecule has 146 valence electrons. The summed E-state index contributed by atoms with van der Waals surface area (Å²) in [6.45, 7) is 6.72. The van der Waals surface area contributed by atoms with Crippen molar-refractivity contribution in [1.29, 1.82) is 0 Å². The summed E-state index contributed by atoms with van der Waals surface area (Å²) in [4.78, 5) is 27.4. The van der Waals surface area contributed by atoms with Crippen LogP contribution in [0, 0.1) is 0 Å². The number of hydrogen-bond donors (Lipinski definition) is 2. The van der Waals surface area contributed by atoms with Crippen LogP contribution < -0.4 is 10.6 Å². The van der Waals surface area contributed by atoms with E-state index in [0.29, 0.717) is 24.4 Å². The second-order valence-electron chi connectivity index (χ2n) is 7.08. The molecule has 1 aromatic carbocycles. The Morgan fingerprint density at radius 3 is 2.48 bits per heavy atom. The van der Waals surface area contributed by atoms with Gasteiger partial charge in [0, 0.05) is 12.2 Å². The highest BCUT2D eigenvalue weighted by Gasteiger charge is 2.34. The summed E-state index contributed by atoms with van der Waals surface area (Å²) in [5.74, 6) is -0.374. The molecule has 2 N–H and O–H groups in total. The number of rotatable bonds is 6. The second-order valence-corrected chi connectivity index (χ2v) is 7.08. The number of hydrogen-bond acceptors (Lipinski definition) is 4. The molecular weight excluding hydrogens is 342 g/mol. The molecule has 0 aliphatic carbocycles. The van der Waals surface area contributed by atoms with E-state index in [1.165, 1.54) is 12.0 Å². The van der Waals surface area contributed by atoms with Gasteiger partial charge in [0.1, 0.15) is 0 Å². The van der Waals surface area contributed by atoms with Crippen LogP contribution in [-0.4, -0.2) is 43.1 Å². The van der Waals surface area contributed by atoms with Crippen molar-refractivity contribution in [2.24, 2.45) is 0 Å². The highest BCUT2D eigenvalue weighted by Crippen LogP contribution is 2.29. The van der Waals surface area contributed by atoms with Crippen LogP contribution in [0.3, 0.4) is 0 Å². The van der Waals surface area contributed by atoms with Crippen molar-refractivity contribution in [2.75, 3.05) is 26.2 Å². The third-order valence-corrected chi connectivity index (χ3v) is 5.20. The molecule has 6 heteroatoms. The van der Waals surface area contributed by atoms with Gasteiger partial charge >= 0.3 is 12.0 Å². The van der Waals surface area contributed by atoms with Gasteiger partial charge in [0.15, 0.2) is 0 Å². The van der Waals surface area contributed by atoms with Gasteiger partial charge in [-0.2, -0.15) is 0 Å². The van der Waals surface area contributed by atoms with Crippen molar-refractivity contribution in [2.45, 2.75) is 45.6 Å². The van der Waals surface area contributed by atoms with E-state index in [0.717, 1.165) is 37.9 Å². The third-order valence-electron chi connectivity index (χ3n) is 5.20. The molecule has 0 aromatic heterocycles. The first-order valence-electron chi connectivity index (χ1n) is 9.91. The Hall–Kier alpha value is -2.34. The molecule has 2 heterocycles. The number of amides is 2. The largest absolute Gasteiger partial charge is 0.463 e. The minimum absolute atomic E-state index is 0.278. The van der Waals surface area contributed by atoms with E-state index in [9.17, 15) is 9.59 Å². The van der Waals surface area contributed by atoms with Crippen LogP contribution in [0.1, 0.15) is 50.3 Å². The van der Waals surface area contributed by atoms with Crippen LogP contribution in [0.15, 0.2) is 35.5 Å². The lowest BCUT2D eigenvalue weighted by molar-refractivity contribution is -0.139. The van der Waals surface area contributed by atoms with Gasteiger partial charge in [-0.05, 0) is 50.4 Å². The maximum absolute atomic E-state index is 12.8. The summed E-state index contributed by atoms with van der Waals surface area (Å²) in [5, 5.41) is 5.76. The van der Waals surface area contributed by atoms with Gasteiger partial charge in [0.25, 0.3) is 0 Å². The fraction of sp³-hybridized carbons (Fsp3) is 0.524. The smallest absolute Gasteiger partial charge is 0.338 e. The van der Waals surface area contributed by atoms with Crippen LogP contribution in [-0.2, 0) is 16.0 Å². The highest BCUT2D eigenvalue weighted by molar-refractivity contribution is 5.95.